The molecule has 0 unspecified atom stereocenters. The molecule has 100 valence electrons. The van der Waals surface area contributed by atoms with E-state index in [4.69, 9.17) is 14.7 Å². The van der Waals surface area contributed by atoms with Gasteiger partial charge < -0.3 is 14.2 Å². The normalized spacial score (nSPS) is 10.5. The summed E-state index contributed by atoms with van der Waals surface area (Å²) in [6, 6.07) is 7.03. The fourth-order valence-corrected chi connectivity index (χ4v) is 1.54. The van der Waals surface area contributed by atoms with Gasteiger partial charge in [0.1, 0.15) is 11.6 Å². The van der Waals surface area contributed by atoms with Gasteiger partial charge in [-0.2, -0.15) is 5.26 Å². The van der Waals surface area contributed by atoms with Crippen LogP contribution in [0.25, 0.3) is 6.08 Å². The summed E-state index contributed by atoms with van der Waals surface area (Å²) < 4.78 is 15.2. The zero-order valence-corrected chi connectivity index (χ0v) is 11.1. The third-order valence-corrected chi connectivity index (χ3v) is 2.34. The summed E-state index contributed by atoms with van der Waals surface area (Å²) >= 11 is 0. The van der Waals surface area contributed by atoms with Crippen molar-refractivity contribution in [3.05, 3.63) is 29.3 Å². The highest BCUT2D eigenvalue weighted by atomic mass is 16.5. The van der Waals surface area contributed by atoms with E-state index in [-0.39, 0.29) is 5.57 Å². The Balaban J connectivity index is 3.27. The van der Waals surface area contributed by atoms with E-state index in [0.717, 1.165) is 0 Å². The lowest BCUT2D eigenvalue weighted by atomic mass is 10.1. The molecule has 0 aliphatic heterocycles. The van der Waals surface area contributed by atoms with Crippen LogP contribution in [0.15, 0.2) is 23.8 Å². The van der Waals surface area contributed by atoms with Crippen LogP contribution in [-0.2, 0) is 9.53 Å². The summed E-state index contributed by atoms with van der Waals surface area (Å²) in [6.07, 6.45) is 1.41. The van der Waals surface area contributed by atoms with E-state index in [2.05, 4.69) is 4.74 Å². The molecule has 0 atom stereocenters. The molecule has 5 nitrogen and oxygen atoms in total. The molecular formula is C14H15NO4. The Morgan fingerprint density at radius 3 is 2.68 bits per heavy atom. The highest BCUT2D eigenvalue weighted by molar-refractivity contribution is 5.98. The average Bonchev–Trinajstić information content (AvgIpc) is 2.44. The largest absolute Gasteiger partial charge is 0.492 e. The number of methoxy groups -OCH3 is 2. The Bertz CT molecular complexity index is 529. The number of hydrogen-bond donors (Lipinski definition) is 0. The van der Waals surface area contributed by atoms with Crippen LogP contribution >= 0.6 is 0 Å². The van der Waals surface area contributed by atoms with Crippen molar-refractivity contribution >= 4 is 12.0 Å². The van der Waals surface area contributed by atoms with Gasteiger partial charge in [0, 0.05) is 5.56 Å². The summed E-state index contributed by atoms with van der Waals surface area (Å²) in [4.78, 5) is 11.4. The first-order chi connectivity index (χ1) is 9.17. The fraction of sp³-hybridized carbons (Fsp3) is 0.286. The van der Waals surface area contributed by atoms with Crippen molar-refractivity contribution in [1.82, 2.24) is 0 Å². The predicted molar refractivity (Wildman–Crippen MR) is 69.8 cm³/mol. The third-order valence-electron chi connectivity index (χ3n) is 2.34. The van der Waals surface area contributed by atoms with E-state index >= 15 is 0 Å². The van der Waals surface area contributed by atoms with Gasteiger partial charge in [-0.05, 0) is 19.1 Å². The molecule has 0 aliphatic rings. The number of ether oxygens (including phenoxy) is 3. The maximum Gasteiger partial charge on any atom is 0.348 e. The van der Waals surface area contributed by atoms with E-state index in [1.807, 2.05) is 6.92 Å². The van der Waals surface area contributed by atoms with Gasteiger partial charge in [0.2, 0.25) is 0 Å². The molecule has 0 saturated carbocycles. The van der Waals surface area contributed by atoms with Gasteiger partial charge in [0.25, 0.3) is 0 Å². The molecule has 0 heterocycles. The van der Waals surface area contributed by atoms with Crippen LogP contribution in [0.1, 0.15) is 12.5 Å². The molecule has 0 bridgehead atoms. The fourth-order valence-electron chi connectivity index (χ4n) is 1.54. The smallest absolute Gasteiger partial charge is 0.348 e. The summed E-state index contributed by atoms with van der Waals surface area (Å²) in [5.74, 6) is 0.341. The van der Waals surface area contributed by atoms with Gasteiger partial charge in [-0.3, -0.25) is 0 Å². The molecule has 0 spiro atoms. The highest BCUT2D eigenvalue weighted by Crippen LogP contribution is 2.32. The number of hydrogen-bond acceptors (Lipinski definition) is 5. The molecular weight excluding hydrogens is 246 g/mol. The van der Waals surface area contributed by atoms with Crippen LogP contribution in [0.3, 0.4) is 0 Å². The SMILES string of the molecule is CCOc1cccc(C=C(C#N)C(=O)OC)c1OC. The van der Waals surface area contributed by atoms with Crippen molar-refractivity contribution in [3.63, 3.8) is 0 Å². The lowest BCUT2D eigenvalue weighted by Gasteiger charge is -2.11. The van der Waals surface area contributed by atoms with Gasteiger partial charge in [-0.1, -0.05) is 12.1 Å². The molecule has 19 heavy (non-hydrogen) atoms. The molecule has 1 rings (SSSR count). The van der Waals surface area contributed by atoms with Crippen molar-refractivity contribution < 1.29 is 19.0 Å². The van der Waals surface area contributed by atoms with E-state index < -0.39 is 5.97 Å². The van der Waals surface area contributed by atoms with E-state index in [1.165, 1.54) is 20.3 Å². The molecule has 5 heteroatoms. The monoisotopic (exact) mass is 261 g/mol. The number of carbonyl (C=O) groups is 1. The highest BCUT2D eigenvalue weighted by Gasteiger charge is 2.13. The quantitative estimate of drug-likeness (QED) is 0.461. The number of nitrogens with zero attached hydrogens (tertiary/aromatic N) is 1. The van der Waals surface area contributed by atoms with Gasteiger partial charge in [0.05, 0.1) is 20.8 Å². The lowest BCUT2D eigenvalue weighted by molar-refractivity contribution is -0.135. The Labute approximate surface area is 112 Å². The minimum absolute atomic E-state index is 0.102. The molecule has 0 radical (unpaired) electrons. The Hall–Kier alpha value is -2.48. The first-order valence-electron chi connectivity index (χ1n) is 5.67. The summed E-state index contributed by atoms with van der Waals surface area (Å²) in [7, 11) is 2.72. The Morgan fingerprint density at radius 1 is 1.42 bits per heavy atom. The second-order valence-corrected chi connectivity index (χ2v) is 3.47. The molecule has 1 aromatic rings. The first-order valence-corrected chi connectivity index (χ1v) is 5.67. The van der Waals surface area contributed by atoms with E-state index in [9.17, 15) is 4.79 Å². The lowest BCUT2D eigenvalue weighted by Crippen LogP contribution is -2.03. The van der Waals surface area contributed by atoms with Crippen LogP contribution in [0.2, 0.25) is 0 Å². The zero-order chi connectivity index (χ0) is 14.3. The summed E-state index contributed by atoms with van der Waals surface area (Å²) in [5, 5.41) is 8.93. The third kappa shape index (κ3) is 3.49. The number of benzene rings is 1. The van der Waals surface area contributed by atoms with E-state index in [0.29, 0.717) is 23.7 Å². The van der Waals surface area contributed by atoms with Crippen LogP contribution in [0.4, 0.5) is 0 Å². The van der Waals surface area contributed by atoms with Crippen molar-refractivity contribution in [3.8, 4) is 17.6 Å². The minimum Gasteiger partial charge on any atom is -0.492 e. The zero-order valence-electron chi connectivity index (χ0n) is 11.1. The predicted octanol–water partition coefficient (Wildman–Crippen LogP) is 2.17. The molecule has 0 saturated heterocycles. The number of nitriles is 1. The maximum atomic E-state index is 11.4. The number of esters is 1. The van der Waals surface area contributed by atoms with E-state index in [1.54, 1.807) is 24.3 Å². The van der Waals surface area contributed by atoms with Gasteiger partial charge >= 0.3 is 5.97 Å². The van der Waals surface area contributed by atoms with Crippen LogP contribution in [0.5, 0.6) is 11.5 Å². The number of carbonyl (C=O) groups excluding carboxylic acids is 1. The van der Waals surface area contributed by atoms with Crippen molar-refractivity contribution in [1.29, 1.82) is 5.26 Å². The van der Waals surface area contributed by atoms with Crippen LogP contribution in [0, 0.1) is 11.3 Å². The maximum absolute atomic E-state index is 11.4. The Kier molecular flexibility index (Phi) is 5.42. The average molecular weight is 261 g/mol. The summed E-state index contributed by atoms with van der Waals surface area (Å²) in [6.45, 7) is 2.35. The summed E-state index contributed by atoms with van der Waals surface area (Å²) in [5.41, 5.74) is 0.477. The first kappa shape index (κ1) is 14.6. The van der Waals surface area contributed by atoms with Crippen molar-refractivity contribution in [2.45, 2.75) is 6.92 Å². The van der Waals surface area contributed by atoms with Crippen LogP contribution in [-0.4, -0.2) is 26.8 Å². The van der Waals surface area contributed by atoms with Crippen molar-refractivity contribution in [2.24, 2.45) is 0 Å². The van der Waals surface area contributed by atoms with Gasteiger partial charge in [0.15, 0.2) is 11.5 Å². The Morgan fingerprint density at radius 2 is 2.16 bits per heavy atom. The van der Waals surface area contributed by atoms with Crippen LogP contribution < -0.4 is 9.47 Å². The molecule has 0 aliphatic carbocycles. The number of para-hydroxylation sites is 1. The minimum atomic E-state index is -0.689. The standard InChI is InChI=1S/C14H15NO4/c1-4-19-12-7-5-6-10(13(12)17-2)8-11(9-15)14(16)18-3/h5-8H,4H2,1-3H3. The second-order valence-electron chi connectivity index (χ2n) is 3.47. The van der Waals surface area contributed by atoms with Crippen molar-refractivity contribution in [2.75, 3.05) is 20.8 Å². The molecule has 0 amide bonds. The molecule has 0 aromatic heterocycles. The molecule has 0 fully saturated rings. The second kappa shape index (κ2) is 7.07. The number of rotatable bonds is 5. The molecule has 0 N–H and O–H groups in total. The van der Waals surface area contributed by atoms with Gasteiger partial charge in [-0.15, -0.1) is 0 Å². The van der Waals surface area contributed by atoms with Gasteiger partial charge in [-0.25, -0.2) is 4.79 Å². The topological polar surface area (TPSA) is 68.5 Å². The molecule has 1 aromatic carbocycles.